The lowest BCUT2D eigenvalue weighted by Crippen LogP contribution is -2.35. The fraction of sp³-hybridized carbons (Fsp3) is 0.421. The number of carbonyl (C=O) groups excluding carboxylic acids is 1. The van der Waals surface area contributed by atoms with Gasteiger partial charge in [-0.15, -0.1) is 0 Å². The number of hydrogen-bond donors (Lipinski definition) is 3. The van der Waals surface area contributed by atoms with Crippen LogP contribution in [0.1, 0.15) is 42.7 Å². The van der Waals surface area contributed by atoms with E-state index in [-0.39, 0.29) is 29.1 Å². The number of hydrogen-bond acceptors (Lipinski definition) is 5. The Morgan fingerprint density at radius 2 is 1.96 bits per heavy atom. The van der Waals surface area contributed by atoms with Crippen molar-refractivity contribution in [2.45, 2.75) is 38.3 Å². The zero-order valence-electron chi connectivity index (χ0n) is 15.1. The Morgan fingerprint density at radius 1 is 1.22 bits per heavy atom. The van der Waals surface area contributed by atoms with Crippen LogP contribution in [0.4, 0.5) is 11.4 Å². The van der Waals surface area contributed by atoms with Crippen molar-refractivity contribution in [2.24, 2.45) is 0 Å². The topological polar surface area (TPSA) is 118 Å². The third kappa shape index (κ3) is 3.11. The Kier molecular flexibility index (Phi) is 4.05. The third-order valence-electron chi connectivity index (χ3n) is 5.26. The summed E-state index contributed by atoms with van der Waals surface area (Å²) in [6, 6.07) is 4.80. The van der Waals surface area contributed by atoms with E-state index in [0.29, 0.717) is 23.1 Å². The molecule has 1 aromatic carbocycles. The molecular formula is C19H22N4O4. The minimum Gasteiger partial charge on any atom is -0.477 e. The van der Waals surface area contributed by atoms with Gasteiger partial charge in [0.15, 0.2) is 5.43 Å². The molecule has 0 radical (unpaired) electrons. The summed E-state index contributed by atoms with van der Waals surface area (Å²) in [4.78, 5) is 37.5. The molecule has 1 unspecified atom stereocenters. The highest BCUT2D eigenvalue weighted by Crippen LogP contribution is 2.40. The number of aromatic carboxylic acids is 1. The van der Waals surface area contributed by atoms with Gasteiger partial charge < -0.3 is 25.6 Å². The number of pyridine rings is 1. The molecule has 8 heteroatoms. The second-order valence-corrected chi connectivity index (χ2v) is 7.36. The molecule has 0 bridgehead atoms. The van der Waals surface area contributed by atoms with Crippen LogP contribution in [0.2, 0.25) is 0 Å². The lowest BCUT2D eigenvalue weighted by molar-refractivity contribution is -0.119. The van der Waals surface area contributed by atoms with E-state index in [9.17, 15) is 19.5 Å². The van der Waals surface area contributed by atoms with Crippen LogP contribution in [0, 0.1) is 0 Å². The zero-order valence-corrected chi connectivity index (χ0v) is 15.1. The van der Waals surface area contributed by atoms with Crippen molar-refractivity contribution >= 4 is 34.2 Å². The van der Waals surface area contributed by atoms with Gasteiger partial charge >= 0.3 is 5.97 Å². The van der Waals surface area contributed by atoms with Crippen LogP contribution in [0.3, 0.4) is 0 Å². The van der Waals surface area contributed by atoms with Gasteiger partial charge in [0.25, 0.3) is 0 Å². The fourth-order valence-electron chi connectivity index (χ4n) is 3.94. The number of nitrogen functional groups attached to an aromatic ring is 1. The summed E-state index contributed by atoms with van der Waals surface area (Å²) in [5, 5.41) is 12.9. The molecule has 1 saturated heterocycles. The third-order valence-corrected chi connectivity index (χ3v) is 5.26. The zero-order chi connectivity index (χ0) is 19.3. The quantitative estimate of drug-likeness (QED) is 0.699. The normalized spacial score (nSPS) is 19.4. The second-order valence-electron chi connectivity index (χ2n) is 7.36. The highest BCUT2D eigenvalue weighted by molar-refractivity contribution is 5.94. The SMILES string of the molecule is CC(=O)NC1CCN(c2cc3c(cc2N)c(=O)cc(C(=O)O)n3C2CC2)C1. The first-order chi connectivity index (χ1) is 12.8. The molecule has 2 heterocycles. The van der Waals surface area contributed by atoms with Gasteiger partial charge in [-0.2, -0.15) is 0 Å². The van der Waals surface area contributed by atoms with Crippen molar-refractivity contribution in [2.75, 3.05) is 23.7 Å². The number of carbonyl (C=O) groups is 2. The van der Waals surface area contributed by atoms with Crippen molar-refractivity contribution in [1.82, 2.24) is 9.88 Å². The smallest absolute Gasteiger partial charge is 0.352 e. The number of nitrogens with two attached hydrogens (primary N) is 1. The molecule has 1 saturated carbocycles. The number of fused-ring (bicyclic) bond motifs is 1. The number of rotatable bonds is 4. The molecule has 4 rings (SSSR count). The molecule has 1 aliphatic heterocycles. The molecule has 27 heavy (non-hydrogen) atoms. The standard InChI is InChI=1S/C19H22N4O4/c1-10(24)21-11-4-5-22(9-11)16-7-15-13(6-14(16)20)18(25)8-17(19(26)27)23(15)12-2-3-12/h6-8,11-12H,2-5,9,20H2,1H3,(H,21,24)(H,26,27). The van der Waals surface area contributed by atoms with E-state index in [4.69, 9.17) is 5.73 Å². The Labute approximate surface area is 155 Å². The molecular weight excluding hydrogens is 348 g/mol. The predicted octanol–water partition coefficient (Wildman–Crippen LogP) is 1.33. The number of benzene rings is 1. The van der Waals surface area contributed by atoms with Crippen molar-refractivity contribution in [3.05, 3.63) is 34.1 Å². The molecule has 0 spiro atoms. The number of carboxylic acid groups (broad SMARTS) is 1. The molecule has 1 atom stereocenters. The average molecular weight is 370 g/mol. The molecule has 1 aliphatic carbocycles. The number of anilines is 2. The van der Waals surface area contributed by atoms with Gasteiger partial charge in [-0.3, -0.25) is 9.59 Å². The lowest BCUT2D eigenvalue weighted by atomic mass is 10.1. The Balaban J connectivity index is 1.83. The maximum absolute atomic E-state index is 12.5. The summed E-state index contributed by atoms with van der Waals surface area (Å²) in [5.74, 6) is -1.17. The minimum absolute atomic E-state index is 0.0169. The summed E-state index contributed by atoms with van der Waals surface area (Å²) >= 11 is 0. The summed E-state index contributed by atoms with van der Waals surface area (Å²) < 4.78 is 1.75. The molecule has 2 aromatic rings. The van der Waals surface area contributed by atoms with Gasteiger partial charge in [0, 0.05) is 43.5 Å². The first-order valence-corrected chi connectivity index (χ1v) is 9.09. The van der Waals surface area contributed by atoms with Gasteiger partial charge in [0.2, 0.25) is 5.91 Å². The van der Waals surface area contributed by atoms with Gasteiger partial charge in [-0.25, -0.2) is 4.79 Å². The van der Waals surface area contributed by atoms with Gasteiger partial charge in [0.05, 0.1) is 16.9 Å². The number of aromatic nitrogens is 1. The van der Waals surface area contributed by atoms with Crippen LogP contribution >= 0.6 is 0 Å². The predicted molar refractivity (Wildman–Crippen MR) is 102 cm³/mol. The Bertz CT molecular complexity index is 1010. The monoisotopic (exact) mass is 370 g/mol. The van der Waals surface area contributed by atoms with Crippen LogP contribution in [0.5, 0.6) is 0 Å². The first-order valence-electron chi connectivity index (χ1n) is 9.09. The van der Waals surface area contributed by atoms with Crippen molar-refractivity contribution in [3.8, 4) is 0 Å². The van der Waals surface area contributed by atoms with E-state index in [2.05, 4.69) is 10.2 Å². The van der Waals surface area contributed by atoms with E-state index < -0.39 is 5.97 Å². The van der Waals surface area contributed by atoms with Crippen LogP contribution in [0.15, 0.2) is 23.0 Å². The van der Waals surface area contributed by atoms with E-state index in [1.807, 2.05) is 6.07 Å². The fourth-order valence-corrected chi connectivity index (χ4v) is 3.94. The molecule has 142 valence electrons. The van der Waals surface area contributed by atoms with Gasteiger partial charge in [-0.05, 0) is 31.4 Å². The first kappa shape index (κ1) is 17.4. The number of carboxylic acids is 1. The maximum atomic E-state index is 12.5. The highest BCUT2D eigenvalue weighted by atomic mass is 16.4. The number of amides is 1. The summed E-state index contributed by atoms with van der Waals surface area (Å²) in [6.07, 6.45) is 2.60. The van der Waals surface area contributed by atoms with Crippen LogP contribution < -0.4 is 21.4 Å². The van der Waals surface area contributed by atoms with Crippen LogP contribution in [0.25, 0.3) is 10.9 Å². The summed E-state index contributed by atoms with van der Waals surface area (Å²) in [6.45, 7) is 2.85. The van der Waals surface area contributed by atoms with Crippen molar-refractivity contribution < 1.29 is 14.7 Å². The number of nitrogens with one attached hydrogen (secondary N) is 1. The molecule has 8 nitrogen and oxygen atoms in total. The van der Waals surface area contributed by atoms with Gasteiger partial charge in [0.1, 0.15) is 5.69 Å². The van der Waals surface area contributed by atoms with Gasteiger partial charge in [-0.1, -0.05) is 0 Å². The molecule has 2 aliphatic rings. The molecule has 1 aromatic heterocycles. The molecule has 4 N–H and O–H groups in total. The second kappa shape index (κ2) is 6.29. The van der Waals surface area contributed by atoms with Crippen molar-refractivity contribution in [1.29, 1.82) is 0 Å². The molecule has 1 amide bonds. The van der Waals surface area contributed by atoms with Crippen LogP contribution in [-0.2, 0) is 4.79 Å². The Morgan fingerprint density at radius 3 is 2.59 bits per heavy atom. The average Bonchev–Trinajstić information content (AvgIpc) is 3.33. The summed E-state index contributed by atoms with van der Waals surface area (Å²) in [7, 11) is 0. The molecule has 2 fully saturated rings. The van der Waals surface area contributed by atoms with E-state index >= 15 is 0 Å². The minimum atomic E-state index is -1.11. The van der Waals surface area contributed by atoms with Crippen molar-refractivity contribution in [3.63, 3.8) is 0 Å². The summed E-state index contributed by atoms with van der Waals surface area (Å²) in [5.41, 5.74) is 7.76. The maximum Gasteiger partial charge on any atom is 0.352 e. The van der Waals surface area contributed by atoms with E-state index in [1.165, 1.54) is 13.0 Å². The largest absolute Gasteiger partial charge is 0.477 e. The Hall–Kier alpha value is -3.03. The van der Waals surface area contributed by atoms with Crippen LogP contribution in [-0.4, -0.2) is 40.7 Å². The lowest BCUT2D eigenvalue weighted by Gasteiger charge is -2.23. The van der Waals surface area contributed by atoms with E-state index in [0.717, 1.165) is 31.5 Å². The highest BCUT2D eigenvalue weighted by Gasteiger charge is 2.30. The van der Waals surface area contributed by atoms with E-state index in [1.54, 1.807) is 10.6 Å². The number of nitrogens with zero attached hydrogens (tertiary/aromatic N) is 2.